The van der Waals surface area contributed by atoms with Gasteiger partial charge in [-0.15, -0.1) is 0 Å². The van der Waals surface area contributed by atoms with Crippen LogP contribution in [0.4, 0.5) is 0 Å². The summed E-state index contributed by atoms with van der Waals surface area (Å²) < 4.78 is 7.34. The topological polar surface area (TPSA) is 0 Å². The summed E-state index contributed by atoms with van der Waals surface area (Å²) in [5, 5.41) is 6.06. The molecule has 0 bridgehead atoms. The van der Waals surface area contributed by atoms with Gasteiger partial charge in [0.25, 0.3) is 0 Å². The van der Waals surface area contributed by atoms with Crippen LogP contribution in [0.25, 0.3) is 0 Å². The Morgan fingerprint density at radius 1 is 0.462 bits per heavy atom. The summed E-state index contributed by atoms with van der Waals surface area (Å²) in [4.78, 5) is 0. The van der Waals surface area contributed by atoms with Crippen molar-refractivity contribution in [1.29, 1.82) is 0 Å². The van der Waals surface area contributed by atoms with Gasteiger partial charge in [0, 0.05) is 0 Å². The van der Waals surface area contributed by atoms with E-state index < -0.39 is 58.6 Å². The first-order valence-corrected chi connectivity index (χ1v) is 26.2. The third kappa shape index (κ3) is 5.39. The molecule has 0 fully saturated rings. The second-order valence-corrected chi connectivity index (χ2v) is 26.9. The fraction of sp³-hybridized carbons (Fsp3) is 0.455. The van der Waals surface area contributed by atoms with Crippen molar-refractivity contribution in [2.24, 2.45) is 0 Å². The third-order valence-corrected chi connectivity index (χ3v) is 25.5. The monoisotopic (exact) mass is 596 g/mol. The van der Waals surface area contributed by atoms with Crippen LogP contribution in [0.5, 0.6) is 0 Å². The van der Waals surface area contributed by atoms with Crippen molar-refractivity contribution in [1.82, 2.24) is 0 Å². The van der Waals surface area contributed by atoms with Crippen LogP contribution in [0.1, 0.15) is 12.8 Å². The molecule has 0 saturated heterocycles. The number of hydrogen-bond donors (Lipinski definition) is 0. The molecule has 26 heavy (non-hydrogen) atoms. The molecule has 0 radical (unpaired) electrons. The summed E-state index contributed by atoms with van der Waals surface area (Å²) >= 11 is -3.39. The Labute approximate surface area is 179 Å². The van der Waals surface area contributed by atoms with Crippen LogP contribution in [-0.4, -0.2) is 58.6 Å². The normalized spacial score (nSPS) is 27.8. The third-order valence-electron chi connectivity index (χ3n) is 5.38. The number of benzene rings is 2. The number of hydrogen-bond acceptors (Lipinski definition) is 0. The summed E-state index contributed by atoms with van der Waals surface area (Å²) in [5.74, 6) is 0. The van der Waals surface area contributed by atoms with Gasteiger partial charge in [0.1, 0.15) is 0 Å². The van der Waals surface area contributed by atoms with Crippen LogP contribution in [0.15, 0.2) is 48.5 Å². The average molecular weight is 596 g/mol. The van der Waals surface area contributed by atoms with Gasteiger partial charge in [-0.05, 0) is 0 Å². The summed E-state index contributed by atoms with van der Waals surface area (Å²) in [5.41, 5.74) is 10.5. The molecule has 0 spiro atoms. The molecular formula is C22H32As4. The molecule has 0 saturated carbocycles. The Morgan fingerprint density at radius 2 is 0.692 bits per heavy atom. The van der Waals surface area contributed by atoms with Gasteiger partial charge in [-0.3, -0.25) is 0 Å². The van der Waals surface area contributed by atoms with Crippen LogP contribution in [0, 0.1) is 0 Å². The van der Waals surface area contributed by atoms with Crippen molar-refractivity contribution in [3.63, 3.8) is 0 Å². The van der Waals surface area contributed by atoms with E-state index in [2.05, 4.69) is 71.4 Å². The first-order chi connectivity index (χ1) is 12.6. The molecular weight excluding hydrogens is 564 g/mol. The summed E-state index contributed by atoms with van der Waals surface area (Å²) in [6.07, 6.45) is 2.95. The van der Waals surface area contributed by atoms with Gasteiger partial charge >= 0.3 is 181 Å². The minimum absolute atomic E-state index is 0.847. The zero-order chi connectivity index (χ0) is 18.5. The molecule has 2 aromatic rings. The maximum absolute atomic E-state index is 2.62. The fourth-order valence-corrected chi connectivity index (χ4v) is 27.7. The Bertz CT molecular complexity index is 595. The van der Waals surface area contributed by atoms with Crippen molar-refractivity contribution in [3.8, 4) is 0 Å². The average Bonchev–Trinajstić information content (AvgIpc) is 2.67. The van der Waals surface area contributed by atoms with Crippen LogP contribution in [0.2, 0.25) is 43.7 Å². The van der Waals surface area contributed by atoms with E-state index in [-0.39, 0.29) is 0 Å². The predicted octanol–water partition coefficient (Wildman–Crippen LogP) is 3.51. The van der Waals surface area contributed by atoms with Gasteiger partial charge in [-0.1, -0.05) is 0 Å². The zero-order valence-electron chi connectivity index (χ0n) is 16.7. The molecule has 1 aliphatic rings. The second kappa shape index (κ2) is 10.5. The van der Waals surface area contributed by atoms with E-state index in [1.54, 1.807) is 0 Å². The predicted molar refractivity (Wildman–Crippen MR) is 126 cm³/mol. The van der Waals surface area contributed by atoms with E-state index in [0.717, 1.165) is 0 Å². The van der Waals surface area contributed by atoms with Crippen molar-refractivity contribution < 1.29 is 0 Å². The zero-order valence-corrected chi connectivity index (χ0v) is 24.2. The van der Waals surface area contributed by atoms with Gasteiger partial charge in [0.2, 0.25) is 0 Å². The van der Waals surface area contributed by atoms with Gasteiger partial charge < -0.3 is 0 Å². The van der Waals surface area contributed by atoms with Crippen LogP contribution in [0.3, 0.4) is 0 Å². The molecule has 0 aliphatic carbocycles. The molecule has 1 heterocycles. The van der Waals surface area contributed by atoms with Crippen molar-refractivity contribution >= 4 is 76.0 Å². The Hall–Kier alpha value is 0.674. The van der Waals surface area contributed by atoms with E-state index in [4.69, 9.17) is 0 Å². The quantitative estimate of drug-likeness (QED) is 0.409. The fourth-order valence-electron chi connectivity index (χ4n) is 3.79. The summed E-state index contributed by atoms with van der Waals surface area (Å²) in [6, 6.07) is 19.2. The number of rotatable bonds is 0. The first kappa shape index (κ1) is 21.4. The van der Waals surface area contributed by atoms with Crippen LogP contribution >= 0.6 is 0 Å². The van der Waals surface area contributed by atoms with Gasteiger partial charge in [0.05, 0.1) is 0 Å². The maximum atomic E-state index is 2.62. The molecule has 3 rings (SSSR count). The molecule has 0 nitrogen and oxygen atoms in total. The van der Waals surface area contributed by atoms with E-state index in [9.17, 15) is 0 Å². The van der Waals surface area contributed by atoms with Gasteiger partial charge in [-0.2, -0.15) is 0 Å². The molecule has 2 aromatic carbocycles. The molecule has 0 N–H and O–H groups in total. The SMILES string of the molecule is C[As]1CCC[As](C)c2ccccc2[As](C)CCC[As](C)c2ccccc21. The second-order valence-electron chi connectivity index (χ2n) is 7.37. The molecule has 140 valence electrons. The Kier molecular flexibility index (Phi) is 8.60. The molecule has 0 amide bonds. The molecule has 4 unspecified atom stereocenters. The molecule has 0 aromatic heterocycles. The standard InChI is InChI=1S/C22H32As4/c1-23-15-9-16-25(3)21-13-7-8-14-22(21)26(4)18-10-17-24(2)20-12-6-5-11-19(20)23/h5-8,11-14H,9-10,15-18H2,1-4H3. The Morgan fingerprint density at radius 3 is 0.923 bits per heavy atom. The van der Waals surface area contributed by atoms with E-state index in [1.165, 1.54) is 33.7 Å². The summed E-state index contributed by atoms with van der Waals surface area (Å²) in [7, 11) is 0. The molecule has 1 aliphatic heterocycles. The van der Waals surface area contributed by atoms with Crippen LogP contribution < -0.4 is 17.4 Å². The molecule has 4 atom stereocenters. The van der Waals surface area contributed by atoms with E-state index >= 15 is 0 Å². The Balaban J connectivity index is 1.86. The van der Waals surface area contributed by atoms with Crippen molar-refractivity contribution in [2.75, 3.05) is 0 Å². The van der Waals surface area contributed by atoms with Gasteiger partial charge in [-0.25, -0.2) is 0 Å². The number of fused-ring (bicyclic) bond motifs is 2. The van der Waals surface area contributed by atoms with E-state index in [0.29, 0.717) is 0 Å². The van der Waals surface area contributed by atoms with Crippen molar-refractivity contribution in [3.05, 3.63) is 48.5 Å². The van der Waals surface area contributed by atoms with Crippen LogP contribution in [-0.2, 0) is 0 Å². The van der Waals surface area contributed by atoms with Gasteiger partial charge in [0.15, 0.2) is 0 Å². The minimum atomic E-state index is -0.847. The summed E-state index contributed by atoms with van der Waals surface area (Å²) in [6.45, 7) is 0. The molecule has 4 heteroatoms. The first-order valence-electron chi connectivity index (χ1n) is 9.60. The van der Waals surface area contributed by atoms with E-state index in [1.807, 2.05) is 17.4 Å². The van der Waals surface area contributed by atoms with Crippen molar-refractivity contribution in [2.45, 2.75) is 56.5 Å².